The second-order valence-electron chi connectivity index (χ2n) is 14.8. The van der Waals surface area contributed by atoms with Crippen LogP contribution in [0.2, 0.25) is 0 Å². The van der Waals surface area contributed by atoms with Gasteiger partial charge < -0.3 is 24.8 Å². The molecule has 3 heteroatoms. The molecule has 3 aromatic carbocycles. The quantitative estimate of drug-likeness (QED) is 0.363. The standard InChI is InChI=1S/C30H37.C13H10.2ClH.Zr/c1-18-15-23(28(4,5)6)16-22-17-24-26(25(18)22)19(2)20(3)30(10,29(7,8)9)27(24)21-13-11-12-14-21;1-3-7-12(8-4-1)11-13-9-5-2-6-10-13;;;/h11-13,15-16H,14H2,1-10H3;1-10H;2*1H;/q-1;;;;+2/p-2. The summed E-state index contributed by atoms with van der Waals surface area (Å²) in [7, 11) is 0. The fourth-order valence-corrected chi connectivity index (χ4v) is 7.78. The number of halogens is 2. The molecule has 6 rings (SSSR count). The molecule has 1 unspecified atom stereocenters. The topological polar surface area (TPSA) is 0 Å². The molecule has 0 aromatic heterocycles. The maximum atomic E-state index is 3.93. The van der Waals surface area contributed by atoms with E-state index >= 15 is 0 Å². The van der Waals surface area contributed by atoms with Crippen molar-refractivity contribution in [1.29, 1.82) is 0 Å². The van der Waals surface area contributed by atoms with Crippen LogP contribution in [-0.4, -0.2) is 3.21 Å². The second kappa shape index (κ2) is 14.4. The average Bonchev–Trinajstić information content (AvgIpc) is 3.65. The average molecular weight is 726 g/mol. The van der Waals surface area contributed by atoms with Crippen molar-refractivity contribution in [3.63, 3.8) is 0 Å². The Balaban J connectivity index is 0.000000304. The predicted molar refractivity (Wildman–Crippen MR) is 187 cm³/mol. The van der Waals surface area contributed by atoms with Gasteiger partial charge in [-0.05, 0) is 43.4 Å². The number of hydrogen-bond acceptors (Lipinski definition) is 0. The van der Waals surface area contributed by atoms with Crippen LogP contribution < -0.4 is 35.3 Å². The Morgan fingerprint density at radius 3 is 1.80 bits per heavy atom. The Bertz CT molecular complexity index is 1830. The van der Waals surface area contributed by atoms with E-state index in [0.29, 0.717) is 0 Å². The summed E-state index contributed by atoms with van der Waals surface area (Å²) in [6.07, 6.45) is 11.8. The van der Waals surface area contributed by atoms with Crippen molar-refractivity contribution >= 4 is 14.9 Å². The molecule has 0 radical (unpaired) electrons. The number of aryl methyl sites for hydroxylation is 1. The fourth-order valence-electron chi connectivity index (χ4n) is 6.96. The van der Waals surface area contributed by atoms with Gasteiger partial charge in [-0.25, -0.2) is 0 Å². The zero-order valence-electron chi connectivity index (χ0n) is 29.1. The van der Waals surface area contributed by atoms with Gasteiger partial charge >= 0.3 is 99.2 Å². The van der Waals surface area contributed by atoms with Gasteiger partial charge in [0.1, 0.15) is 0 Å². The molecule has 0 bridgehead atoms. The molecular formula is C43H47Cl2Zr-. The van der Waals surface area contributed by atoms with E-state index in [9.17, 15) is 0 Å². The zero-order chi connectivity index (χ0) is 32.0. The molecule has 0 fully saturated rings. The van der Waals surface area contributed by atoms with Crippen LogP contribution in [0.1, 0.15) is 91.0 Å². The van der Waals surface area contributed by atoms with Crippen LogP contribution in [0.25, 0.3) is 11.6 Å². The third kappa shape index (κ3) is 6.95. The van der Waals surface area contributed by atoms with E-state index in [4.69, 9.17) is 0 Å². The van der Waals surface area contributed by atoms with Crippen LogP contribution in [0.3, 0.4) is 0 Å². The van der Waals surface area contributed by atoms with Gasteiger partial charge in [0, 0.05) is 0 Å². The molecular weight excluding hydrogens is 679 g/mol. The van der Waals surface area contributed by atoms with Gasteiger partial charge in [0.15, 0.2) is 0 Å². The molecule has 238 valence electrons. The van der Waals surface area contributed by atoms with Crippen molar-refractivity contribution in [3.05, 3.63) is 152 Å². The van der Waals surface area contributed by atoms with Gasteiger partial charge in [-0.2, -0.15) is 0 Å². The molecule has 0 N–H and O–H groups in total. The van der Waals surface area contributed by atoms with E-state index in [2.05, 4.69) is 166 Å². The zero-order valence-corrected chi connectivity index (χ0v) is 33.1. The van der Waals surface area contributed by atoms with Crippen LogP contribution >= 0.6 is 0 Å². The molecule has 0 amide bonds. The Kier molecular flexibility index (Phi) is 12.0. The molecule has 3 aromatic rings. The maximum absolute atomic E-state index is 3.93. The van der Waals surface area contributed by atoms with Crippen LogP contribution in [0.4, 0.5) is 0 Å². The molecule has 1 atom stereocenters. The van der Waals surface area contributed by atoms with Gasteiger partial charge in [0.05, 0.1) is 0 Å². The van der Waals surface area contributed by atoms with E-state index in [1.54, 1.807) is 0 Å². The summed E-state index contributed by atoms with van der Waals surface area (Å²) in [4.78, 5) is 0. The third-order valence-corrected chi connectivity index (χ3v) is 11.5. The van der Waals surface area contributed by atoms with Gasteiger partial charge in [-0.1, -0.05) is 106 Å². The van der Waals surface area contributed by atoms with Crippen molar-refractivity contribution in [1.82, 2.24) is 0 Å². The van der Waals surface area contributed by atoms with Crippen molar-refractivity contribution in [3.8, 4) is 0 Å². The molecule has 3 aliphatic rings. The van der Waals surface area contributed by atoms with Gasteiger partial charge in [-0.15, -0.1) is 33.7 Å². The minimum atomic E-state index is -0.0242. The number of fused-ring (bicyclic) bond motifs is 2. The van der Waals surface area contributed by atoms with Crippen molar-refractivity contribution < 1.29 is 49.0 Å². The third-order valence-electron chi connectivity index (χ3n) is 10.1. The first-order valence-corrected chi connectivity index (χ1v) is 17.2. The van der Waals surface area contributed by atoms with Gasteiger partial charge in [-0.3, -0.25) is 0 Å². The van der Waals surface area contributed by atoms with Crippen molar-refractivity contribution in [2.24, 2.45) is 10.8 Å². The number of hydrogen-bond donors (Lipinski definition) is 0. The summed E-state index contributed by atoms with van der Waals surface area (Å²) >= 11 is 1.46. The van der Waals surface area contributed by atoms with Gasteiger partial charge in [0.25, 0.3) is 0 Å². The van der Waals surface area contributed by atoms with E-state index in [-0.39, 0.29) is 41.1 Å². The molecule has 0 saturated carbocycles. The van der Waals surface area contributed by atoms with Gasteiger partial charge in [0.2, 0.25) is 0 Å². The molecule has 0 saturated heterocycles. The molecule has 46 heavy (non-hydrogen) atoms. The summed E-state index contributed by atoms with van der Waals surface area (Å²) < 4.78 is 1.42. The first-order valence-electron chi connectivity index (χ1n) is 15.9. The van der Waals surface area contributed by atoms with E-state index in [1.165, 1.54) is 93.6 Å². The van der Waals surface area contributed by atoms with E-state index in [0.717, 1.165) is 6.42 Å². The number of benzene rings is 3. The Hall–Kier alpha value is -2.31. The van der Waals surface area contributed by atoms with E-state index in [1.807, 2.05) is 0 Å². The van der Waals surface area contributed by atoms with Crippen LogP contribution in [-0.2, 0) is 29.7 Å². The molecule has 0 nitrogen and oxygen atoms in total. The monoisotopic (exact) mass is 723 g/mol. The first kappa shape index (κ1) is 38.1. The summed E-state index contributed by atoms with van der Waals surface area (Å²) in [5.41, 5.74) is 14.3. The van der Waals surface area contributed by atoms with E-state index < -0.39 is 0 Å². The van der Waals surface area contributed by atoms with Crippen molar-refractivity contribution in [2.45, 2.75) is 81.1 Å². The second-order valence-corrected chi connectivity index (χ2v) is 16.0. The Labute approximate surface area is 305 Å². The van der Waals surface area contributed by atoms with Crippen LogP contribution in [0.15, 0.2) is 119 Å². The predicted octanol–water partition coefficient (Wildman–Crippen LogP) is 3.51. The summed E-state index contributed by atoms with van der Waals surface area (Å²) in [5.74, 6) is 0. The molecule has 0 spiro atoms. The summed E-state index contributed by atoms with van der Waals surface area (Å²) in [6, 6.07) is 25.9. The summed E-state index contributed by atoms with van der Waals surface area (Å²) in [6.45, 7) is 23.5. The number of rotatable bonds is 3. The summed E-state index contributed by atoms with van der Waals surface area (Å²) in [5, 5.41) is 2.68. The molecule has 0 aliphatic heterocycles. The number of allylic oxidation sites excluding steroid dienone is 8. The fraction of sp³-hybridized carbons (Fsp3) is 0.326. The SMILES string of the molecule is CC1=C(C)C(C)(C(C)(C)C)C(C2=CC=CC2)=C2[C-]=c3cc(C(C)(C)C)cc(C)c3=C12.[Cl-].[Cl-].[Zr+2]=[C](c1ccccc1)c1ccccc1. The molecule has 0 heterocycles. The van der Waals surface area contributed by atoms with Crippen LogP contribution in [0, 0.1) is 17.8 Å². The Morgan fingerprint density at radius 2 is 1.35 bits per heavy atom. The Morgan fingerprint density at radius 1 is 0.804 bits per heavy atom. The van der Waals surface area contributed by atoms with Crippen LogP contribution in [0.5, 0.6) is 0 Å². The molecule has 3 aliphatic carbocycles. The minimum absolute atomic E-state index is 0. The normalized spacial score (nSPS) is 18.4. The van der Waals surface area contributed by atoms with Crippen molar-refractivity contribution in [2.75, 3.05) is 0 Å². The first-order chi connectivity index (χ1) is 20.7.